The number of benzene rings is 2. The van der Waals surface area contributed by atoms with Gasteiger partial charge in [-0.2, -0.15) is 5.26 Å². The summed E-state index contributed by atoms with van der Waals surface area (Å²) < 4.78 is 10.9. The zero-order chi connectivity index (χ0) is 24.6. The highest BCUT2D eigenvalue weighted by atomic mass is 16.6. The van der Waals surface area contributed by atoms with E-state index in [9.17, 15) is 14.9 Å². The maximum absolute atomic E-state index is 12.8. The maximum Gasteiger partial charge on any atom is 0.408 e. The Labute approximate surface area is 199 Å². The van der Waals surface area contributed by atoms with Crippen molar-refractivity contribution in [1.82, 2.24) is 10.3 Å². The van der Waals surface area contributed by atoms with Crippen LogP contribution >= 0.6 is 0 Å². The van der Waals surface area contributed by atoms with Crippen LogP contribution in [0.15, 0.2) is 79.0 Å². The van der Waals surface area contributed by atoms with Gasteiger partial charge >= 0.3 is 12.1 Å². The molecule has 0 bridgehead atoms. The van der Waals surface area contributed by atoms with Crippen LogP contribution in [0.1, 0.15) is 36.7 Å². The minimum atomic E-state index is -1.23. The van der Waals surface area contributed by atoms with Crippen molar-refractivity contribution in [1.29, 1.82) is 5.26 Å². The van der Waals surface area contributed by atoms with Gasteiger partial charge in [0.25, 0.3) is 0 Å². The van der Waals surface area contributed by atoms with Gasteiger partial charge in [0.1, 0.15) is 11.7 Å². The smallest absolute Gasteiger partial charge is 0.408 e. The van der Waals surface area contributed by atoms with Gasteiger partial charge in [0.15, 0.2) is 0 Å². The molecule has 0 spiro atoms. The first-order valence-electron chi connectivity index (χ1n) is 10.9. The number of amides is 1. The molecule has 0 saturated carbocycles. The molecular formula is C27H27N3O4. The first-order valence-corrected chi connectivity index (χ1v) is 10.9. The van der Waals surface area contributed by atoms with E-state index >= 15 is 0 Å². The van der Waals surface area contributed by atoms with E-state index in [1.807, 2.05) is 54.6 Å². The van der Waals surface area contributed by atoms with E-state index in [1.165, 1.54) is 0 Å². The normalized spacial score (nSPS) is 12.6. The number of pyridine rings is 1. The molecule has 0 radical (unpaired) electrons. The Morgan fingerprint density at radius 3 is 2.26 bits per heavy atom. The third-order valence-electron chi connectivity index (χ3n) is 4.81. The lowest BCUT2D eigenvalue weighted by Crippen LogP contribution is -2.47. The summed E-state index contributed by atoms with van der Waals surface area (Å²) in [5, 5.41) is 12.5. The fraction of sp³-hybridized carbons (Fsp3) is 0.259. The lowest BCUT2D eigenvalue weighted by atomic mass is 10.0. The van der Waals surface area contributed by atoms with Crippen LogP contribution in [0, 0.1) is 11.3 Å². The van der Waals surface area contributed by atoms with Crippen LogP contribution in [0.4, 0.5) is 4.79 Å². The molecule has 2 atom stereocenters. The van der Waals surface area contributed by atoms with Crippen LogP contribution in [-0.2, 0) is 15.9 Å². The predicted molar refractivity (Wildman–Crippen MR) is 128 cm³/mol. The summed E-state index contributed by atoms with van der Waals surface area (Å²) in [5.74, 6) is -0.664. The highest BCUT2D eigenvalue weighted by Gasteiger charge is 2.29. The van der Waals surface area contributed by atoms with Crippen molar-refractivity contribution in [2.45, 2.75) is 44.9 Å². The second-order valence-corrected chi connectivity index (χ2v) is 8.69. The Kier molecular flexibility index (Phi) is 7.99. The van der Waals surface area contributed by atoms with E-state index in [2.05, 4.69) is 10.3 Å². The largest absolute Gasteiger partial charge is 0.444 e. The van der Waals surface area contributed by atoms with Crippen molar-refractivity contribution in [2.75, 3.05) is 0 Å². The van der Waals surface area contributed by atoms with Crippen molar-refractivity contribution >= 4 is 12.1 Å². The third kappa shape index (κ3) is 7.17. The summed E-state index contributed by atoms with van der Waals surface area (Å²) in [6.07, 6.45) is 0.0594. The summed E-state index contributed by atoms with van der Waals surface area (Å²) in [6, 6.07) is 22.9. The first kappa shape index (κ1) is 24.5. The maximum atomic E-state index is 12.8. The molecule has 174 valence electrons. The molecule has 0 fully saturated rings. The minimum Gasteiger partial charge on any atom is -0.444 e. The van der Waals surface area contributed by atoms with E-state index < -0.39 is 29.8 Å². The number of ether oxygens (including phenoxy) is 2. The zero-order valence-corrected chi connectivity index (χ0v) is 19.4. The Morgan fingerprint density at radius 2 is 1.68 bits per heavy atom. The van der Waals surface area contributed by atoms with Crippen LogP contribution in [0.2, 0.25) is 0 Å². The third-order valence-corrected chi connectivity index (χ3v) is 4.81. The van der Waals surface area contributed by atoms with E-state index in [1.54, 1.807) is 51.2 Å². The van der Waals surface area contributed by atoms with Crippen molar-refractivity contribution in [3.8, 4) is 17.3 Å². The fourth-order valence-corrected chi connectivity index (χ4v) is 3.25. The highest BCUT2D eigenvalue weighted by molar-refractivity contribution is 5.90. The van der Waals surface area contributed by atoms with E-state index in [4.69, 9.17) is 9.47 Å². The lowest BCUT2D eigenvalue weighted by molar-refractivity contribution is 0.0260. The Bertz CT molecular complexity index is 1130. The molecule has 1 aromatic heterocycles. The molecule has 3 aromatic rings. The molecule has 34 heavy (non-hydrogen) atoms. The van der Waals surface area contributed by atoms with Gasteiger partial charge in [-0.05, 0) is 57.0 Å². The van der Waals surface area contributed by atoms with Gasteiger partial charge < -0.3 is 14.8 Å². The molecule has 1 amide bonds. The molecule has 0 aliphatic rings. The van der Waals surface area contributed by atoms with Crippen LogP contribution in [0.5, 0.6) is 0 Å². The van der Waals surface area contributed by atoms with Crippen LogP contribution in [-0.4, -0.2) is 34.8 Å². The van der Waals surface area contributed by atoms with E-state index in [-0.39, 0.29) is 12.0 Å². The van der Waals surface area contributed by atoms with Crippen LogP contribution in [0.25, 0.3) is 11.3 Å². The summed E-state index contributed by atoms with van der Waals surface area (Å²) in [5.41, 5.74) is 2.08. The number of esters is 1. The standard InChI is InChI=1S/C27H27N3O4/c1-27(2,3)34-26(32)30-23(17-19-9-5-4-6-10-19)24(18-28)33-25(31)21-14-12-20(13-15-21)22-11-7-8-16-29-22/h4-16,23-24H,17H2,1-3H3,(H,30,32)/t23-,24+/m0/s1. The average molecular weight is 458 g/mol. The number of aromatic nitrogens is 1. The second kappa shape index (κ2) is 11.1. The lowest BCUT2D eigenvalue weighted by Gasteiger charge is -2.26. The predicted octanol–water partition coefficient (Wildman–Crippen LogP) is 4.93. The summed E-state index contributed by atoms with van der Waals surface area (Å²) in [7, 11) is 0. The number of nitriles is 1. The number of hydrogen-bond donors (Lipinski definition) is 1. The molecule has 0 unspecified atom stereocenters. The number of alkyl carbamates (subject to hydrolysis) is 1. The molecule has 1 N–H and O–H groups in total. The SMILES string of the molecule is CC(C)(C)OC(=O)N[C@@H](Cc1ccccc1)[C@@H](C#N)OC(=O)c1ccc(-c2ccccn2)cc1. The minimum absolute atomic E-state index is 0.282. The van der Waals surface area contributed by atoms with Crippen molar-refractivity contribution in [3.63, 3.8) is 0 Å². The molecule has 0 saturated heterocycles. The summed E-state index contributed by atoms with van der Waals surface area (Å²) in [6.45, 7) is 5.24. The van der Waals surface area contributed by atoms with E-state index in [0.717, 1.165) is 16.8 Å². The van der Waals surface area contributed by atoms with Crippen LogP contribution < -0.4 is 5.32 Å². The first-order chi connectivity index (χ1) is 16.2. The topological polar surface area (TPSA) is 101 Å². The summed E-state index contributed by atoms with van der Waals surface area (Å²) >= 11 is 0. The van der Waals surface area contributed by atoms with E-state index in [0.29, 0.717) is 0 Å². The zero-order valence-electron chi connectivity index (χ0n) is 19.4. The molecule has 0 aliphatic heterocycles. The van der Waals surface area contributed by atoms with Gasteiger partial charge in [0.05, 0.1) is 17.3 Å². The van der Waals surface area contributed by atoms with Crippen molar-refractivity contribution in [3.05, 3.63) is 90.1 Å². The van der Waals surface area contributed by atoms with Crippen molar-refractivity contribution in [2.24, 2.45) is 0 Å². The molecule has 3 rings (SSSR count). The van der Waals surface area contributed by atoms with Gasteiger partial charge in [0, 0.05) is 11.8 Å². The highest BCUT2D eigenvalue weighted by Crippen LogP contribution is 2.18. The molecule has 7 heteroatoms. The Morgan fingerprint density at radius 1 is 1.00 bits per heavy atom. The molecule has 0 aliphatic carbocycles. The van der Waals surface area contributed by atoms with Gasteiger partial charge in [0.2, 0.25) is 6.10 Å². The molecule has 1 heterocycles. The van der Waals surface area contributed by atoms with Gasteiger partial charge in [-0.3, -0.25) is 4.98 Å². The Hall–Kier alpha value is -4.18. The van der Waals surface area contributed by atoms with Gasteiger partial charge in [-0.25, -0.2) is 9.59 Å². The molecule has 7 nitrogen and oxygen atoms in total. The number of carbonyl (C=O) groups is 2. The van der Waals surface area contributed by atoms with Gasteiger partial charge in [-0.1, -0.05) is 48.5 Å². The Balaban J connectivity index is 1.75. The number of carbonyl (C=O) groups excluding carboxylic acids is 2. The fourth-order valence-electron chi connectivity index (χ4n) is 3.25. The monoisotopic (exact) mass is 457 g/mol. The van der Waals surface area contributed by atoms with Crippen molar-refractivity contribution < 1.29 is 19.1 Å². The second-order valence-electron chi connectivity index (χ2n) is 8.69. The summed E-state index contributed by atoms with van der Waals surface area (Å²) in [4.78, 5) is 29.5. The van der Waals surface area contributed by atoms with Crippen LogP contribution in [0.3, 0.4) is 0 Å². The quantitative estimate of drug-likeness (QED) is 0.505. The average Bonchev–Trinajstić information content (AvgIpc) is 2.82. The number of hydrogen-bond acceptors (Lipinski definition) is 6. The molecule has 2 aromatic carbocycles. The number of nitrogens with one attached hydrogen (secondary N) is 1. The molecular weight excluding hydrogens is 430 g/mol. The number of rotatable bonds is 7. The van der Waals surface area contributed by atoms with Gasteiger partial charge in [-0.15, -0.1) is 0 Å². The number of nitrogens with zero attached hydrogens (tertiary/aromatic N) is 2.